The summed E-state index contributed by atoms with van der Waals surface area (Å²) in [6, 6.07) is 11.6. The van der Waals surface area contributed by atoms with Crippen LogP contribution in [0.1, 0.15) is 44.0 Å². The first-order valence-corrected chi connectivity index (χ1v) is 12.9. The Kier molecular flexibility index (Phi) is 7.69. The van der Waals surface area contributed by atoms with Gasteiger partial charge < -0.3 is 4.57 Å². The zero-order valence-corrected chi connectivity index (χ0v) is 20.2. The minimum absolute atomic E-state index is 0.180. The van der Waals surface area contributed by atoms with Crippen LogP contribution in [0.3, 0.4) is 0 Å². The molecule has 0 aliphatic carbocycles. The van der Waals surface area contributed by atoms with E-state index in [1.54, 1.807) is 0 Å². The van der Waals surface area contributed by atoms with Crippen LogP contribution in [0, 0.1) is 0 Å². The largest absolute Gasteiger partial charge is 0.315 e. The van der Waals surface area contributed by atoms with E-state index in [1.165, 1.54) is 39.9 Å². The maximum Gasteiger partial charge on any atom is 0.279 e. The topological polar surface area (TPSA) is 71.7 Å². The Morgan fingerprint density at radius 3 is 2.45 bits per heavy atom. The van der Waals surface area contributed by atoms with Crippen molar-refractivity contribution in [2.45, 2.75) is 45.1 Å². The van der Waals surface area contributed by atoms with E-state index in [0.717, 1.165) is 23.1 Å². The molecule has 3 aromatic rings. The Labute approximate surface area is 191 Å². The number of rotatable bonds is 8. The first-order valence-electron chi connectivity index (χ1n) is 10.3. The minimum atomic E-state index is -3.58. The second-order valence-electron chi connectivity index (χ2n) is 7.01. The molecule has 0 atom stereocenters. The van der Waals surface area contributed by atoms with Gasteiger partial charge >= 0.3 is 0 Å². The first kappa shape index (κ1) is 23.7. The number of thiazole rings is 1. The van der Waals surface area contributed by atoms with Crippen LogP contribution in [-0.2, 0) is 16.6 Å². The number of unbranched alkanes of at least 4 members (excludes halogenated alkanes) is 1. The molecule has 166 valence electrons. The number of nitrogens with zero attached hydrogens (tertiary/aromatic N) is 3. The minimum Gasteiger partial charge on any atom is -0.315 e. The van der Waals surface area contributed by atoms with Crippen molar-refractivity contribution in [2.24, 2.45) is 4.99 Å². The molecule has 3 rings (SSSR count). The van der Waals surface area contributed by atoms with E-state index < -0.39 is 15.9 Å². The van der Waals surface area contributed by atoms with Gasteiger partial charge in [0.25, 0.3) is 5.91 Å². The number of amides is 1. The van der Waals surface area contributed by atoms with Crippen molar-refractivity contribution in [3.05, 3.63) is 57.9 Å². The summed E-state index contributed by atoms with van der Waals surface area (Å²) < 4.78 is 30.0. The molecule has 0 aliphatic rings. The molecule has 6 nitrogen and oxygen atoms in total. The van der Waals surface area contributed by atoms with Gasteiger partial charge in [0.05, 0.1) is 20.1 Å². The van der Waals surface area contributed by atoms with Crippen molar-refractivity contribution in [1.29, 1.82) is 0 Å². The highest BCUT2D eigenvalue weighted by Gasteiger charge is 2.22. The molecule has 0 saturated carbocycles. The van der Waals surface area contributed by atoms with Crippen molar-refractivity contribution in [1.82, 2.24) is 8.87 Å². The molecule has 9 heteroatoms. The highest BCUT2D eigenvalue weighted by Crippen LogP contribution is 2.25. The van der Waals surface area contributed by atoms with E-state index in [-0.39, 0.29) is 4.90 Å². The number of benzene rings is 2. The van der Waals surface area contributed by atoms with Crippen molar-refractivity contribution in [3.63, 3.8) is 0 Å². The summed E-state index contributed by atoms with van der Waals surface area (Å²) in [5.41, 5.74) is 1.19. The molecular formula is C22H26ClN3O3S2. The van der Waals surface area contributed by atoms with Gasteiger partial charge in [-0.15, -0.1) is 0 Å². The Morgan fingerprint density at radius 2 is 1.84 bits per heavy atom. The highest BCUT2D eigenvalue weighted by atomic mass is 35.5. The first-order chi connectivity index (χ1) is 14.8. The maximum absolute atomic E-state index is 12.9. The lowest BCUT2D eigenvalue weighted by molar-refractivity contribution is 0.0997. The molecule has 31 heavy (non-hydrogen) atoms. The van der Waals surface area contributed by atoms with Crippen molar-refractivity contribution < 1.29 is 13.2 Å². The van der Waals surface area contributed by atoms with Gasteiger partial charge in [-0.25, -0.2) is 8.42 Å². The normalized spacial score (nSPS) is 12.7. The molecule has 0 aliphatic heterocycles. The van der Waals surface area contributed by atoms with Crippen molar-refractivity contribution in [2.75, 3.05) is 13.1 Å². The number of carbonyl (C=O) groups is 1. The number of halogens is 1. The highest BCUT2D eigenvalue weighted by molar-refractivity contribution is 7.89. The monoisotopic (exact) mass is 479 g/mol. The SMILES string of the molecule is CCCCN(CC)S(=O)(=O)c1ccc(C(=O)N=c2sc3cccc(Cl)c3n2CC)cc1. The molecule has 0 N–H and O–H groups in total. The van der Waals surface area contributed by atoms with Gasteiger partial charge in [0, 0.05) is 25.2 Å². The standard InChI is InChI=1S/C22H26ClN3O3S2/c1-4-7-15-25(5-2)31(28,29)17-13-11-16(12-14-17)21(27)24-22-26(6-3)20-18(23)9-8-10-19(20)30-22/h8-14H,4-7,15H2,1-3H3. The van der Waals surface area contributed by atoms with Crippen LogP contribution in [-0.4, -0.2) is 36.3 Å². The second kappa shape index (κ2) is 10.1. The summed E-state index contributed by atoms with van der Waals surface area (Å²) >= 11 is 7.73. The molecule has 0 radical (unpaired) electrons. The summed E-state index contributed by atoms with van der Waals surface area (Å²) in [5.74, 6) is -0.424. The van der Waals surface area contributed by atoms with Gasteiger partial charge in [-0.1, -0.05) is 49.3 Å². The fraction of sp³-hybridized carbons (Fsp3) is 0.364. The van der Waals surface area contributed by atoms with E-state index >= 15 is 0 Å². The lowest BCUT2D eigenvalue weighted by atomic mass is 10.2. The van der Waals surface area contributed by atoms with Gasteiger partial charge in [0.15, 0.2) is 4.80 Å². The van der Waals surface area contributed by atoms with Gasteiger partial charge in [0.2, 0.25) is 10.0 Å². The van der Waals surface area contributed by atoms with E-state index in [9.17, 15) is 13.2 Å². The third-order valence-electron chi connectivity index (χ3n) is 5.02. The van der Waals surface area contributed by atoms with Crippen LogP contribution in [0.5, 0.6) is 0 Å². The Balaban J connectivity index is 1.93. The maximum atomic E-state index is 12.9. The number of para-hydroxylation sites is 1. The summed E-state index contributed by atoms with van der Waals surface area (Å²) in [4.78, 5) is 17.8. The third-order valence-corrected chi connectivity index (χ3v) is 8.36. The zero-order chi connectivity index (χ0) is 22.6. The van der Waals surface area contributed by atoms with E-state index in [2.05, 4.69) is 4.99 Å². The van der Waals surface area contributed by atoms with E-state index in [0.29, 0.717) is 35.0 Å². The third kappa shape index (κ3) is 4.92. The fourth-order valence-electron chi connectivity index (χ4n) is 3.32. The van der Waals surface area contributed by atoms with Crippen LogP contribution in [0.25, 0.3) is 10.2 Å². The average Bonchev–Trinajstić information content (AvgIpc) is 3.12. The summed E-state index contributed by atoms with van der Waals surface area (Å²) in [7, 11) is -3.58. The predicted octanol–water partition coefficient (Wildman–Crippen LogP) is 4.93. The van der Waals surface area contributed by atoms with Crippen LogP contribution in [0.15, 0.2) is 52.4 Å². The molecule has 1 amide bonds. The Hall–Kier alpha value is -2.00. The molecule has 1 heterocycles. The molecule has 0 unspecified atom stereocenters. The molecule has 0 spiro atoms. The van der Waals surface area contributed by atoms with Crippen LogP contribution in [0.4, 0.5) is 0 Å². The lowest BCUT2D eigenvalue weighted by Gasteiger charge is -2.20. The molecule has 0 fully saturated rings. The van der Waals surface area contributed by atoms with Gasteiger partial charge in [0.1, 0.15) is 0 Å². The molecule has 1 aromatic heterocycles. The molecule has 0 bridgehead atoms. The Bertz CT molecular complexity index is 1250. The lowest BCUT2D eigenvalue weighted by Crippen LogP contribution is -2.31. The number of hydrogen-bond acceptors (Lipinski definition) is 4. The van der Waals surface area contributed by atoms with Crippen molar-refractivity contribution >= 4 is 49.1 Å². The van der Waals surface area contributed by atoms with Gasteiger partial charge in [-0.3, -0.25) is 4.79 Å². The quantitative estimate of drug-likeness (QED) is 0.460. The van der Waals surface area contributed by atoms with Crippen LogP contribution < -0.4 is 4.80 Å². The molecule has 2 aromatic carbocycles. The number of carbonyl (C=O) groups excluding carboxylic acids is 1. The number of aryl methyl sites for hydroxylation is 1. The number of aromatic nitrogens is 1. The van der Waals surface area contributed by atoms with Crippen LogP contribution >= 0.6 is 22.9 Å². The van der Waals surface area contributed by atoms with Gasteiger partial charge in [-0.2, -0.15) is 9.30 Å². The molecule has 0 saturated heterocycles. The number of hydrogen-bond donors (Lipinski definition) is 0. The average molecular weight is 480 g/mol. The Morgan fingerprint density at radius 1 is 1.13 bits per heavy atom. The number of fused-ring (bicyclic) bond motifs is 1. The fourth-order valence-corrected chi connectivity index (χ4v) is 6.26. The van der Waals surface area contributed by atoms with Crippen molar-refractivity contribution in [3.8, 4) is 0 Å². The number of sulfonamides is 1. The predicted molar refractivity (Wildman–Crippen MR) is 126 cm³/mol. The second-order valence-corrected chi connectivity index (χ2v) is 10.4. The summed E-state index contributed by atoms with van der Waals surface area (Å²) in [6.45, 7) is 7.33. The molecular weight excluding hydrogens is 454 g/mol. The van der Waals surface area contributed by atoms with E-state index in [4.69, 9.17) is 11.6 Å². The van der Waals surface area contributed by atoms with Crippen LogP contribution in [0.2, 0.25) is 5.02 Å². The zero-order valence-electron chi connectivity index (χ0n) is 17.8. The van der Waals surface area contributed by atoms with E-state index in [1.807, 2.05) is 43.5 Å². The smallest absolute Gasteiger partial charge is 0.279 e. The summed E-state index contributed by atoms with van der Waals surface area (Å²) in [6.07, 6.45) is 1.72. The summed E-state index contributed by atoms with van der Waals surface area (Å²) in [5, 5.41) is 0.614. The van der Waals surface area contributed by atoms with Gasteiger partial charge in [-0.05, 0) is 49.7 Å².